The fourth-order valence-electron chi connectivity index (χ4n) is 2.08. The molecule has 2 aromatic rings. The fraction of sp³-hybridized carbons (Fsp3) is 0.154. The van der Waals surface area contributed by atoms with Crippen LogP contribution in [0.3, 0.4) is 0 Å². The van der Waals surface area contributed by atoms with Crippen molar-refractivity contribution in [3.8, 4) is 0 Å². The summed E-state index contributed by atoms with van der Waals surface area (Å²) in [7, 11) is 0. The first-order chi connectivity index (χ1) is 8.66. The van der Waals surface area contributed by atoms with Gasteiger partial charge >= 0.3 is 0 Å². The summed E-state index contributed by atoms with van der Waals surface area (Å²) in [5.74, 6) is 0.0859. The smallest absolute Gasteiger partial charge is 0.261 e. The Morgan fingerprint density at radius 2 is 2.00 bits per heavy atom. The lowest BCUT2D eigenvalue weighted by molar-refractivity contribution is 0.0638. The van der Waals surface area contributed by atoms with Gasteiger partial charge in [0.25, 0.3) is 11.8 Å². The van der Waals surface area contributed by atoms with Crippen LogP contribution in [0.2, 0.25) is 0 Å². The van der Waals surface area contributed by atoms with Gasteiger partial charge in [0.1, 0.15) is 5.82 Å². The molecule has 0 saturated carbocycles. The van der Waals surface area contributed by atoms with E-state index in [4.69, 9.17) is 0 Å². The highest BCUT2D eigenvalue weighted by Crippen LogP contribution is 2.24. The Morgan fingerprint density at radius 3 is 2.72 bits per heavy atom. The maximum absolute atomic E-state index is 12.1. The number of carbonyl (C=O) groups excluding carboxylic acids is 2. The normalized spacial score (nSPS) is 14.2. The van der Waals surface area contributed by atoms with Gasteiger partial charge in [-0.2, -0.15) is 0 Å². The Bertz CT molecular complexity index is 632. The average molecular weight is 241 g/mol. The van der Waals surface area contributed by atoms with Crippen LogP contribution in [0.1, 0.15) is 32.1 Å². The second-order valence-corrected chi connectivity index (χ2v) is 4.28. The van der Waals surface area contributed by atoms with Crippen LogP contribution >= 0.6 is 0 Å². The van der Waals surface area contributed by atoms with Crippen molar-refractivity contribution in [1.82, 2.24) is 14.9 Å². The van der Waals surface area contributed by atoms with Crippen LogP contribution in [-0.4, -0.2) is 26.7 Å². The van der Waals surface area contributed by atoms with Crippen LogP contribution in [0.4, 0.5) is 0 Å². The minimum absolute atomic E-state index is 0.179. The molecule has 1 aromatic carbocycles. The van der Waals surface area contributed by atoms with E-state index in [9.17, 15) is 9.59 Å². The van der Waals surface area contributed by atoms with Gasteiger partial charge in [0.15, 0.2) is 0 Å². The first-order valence-corrected chi connectivity index (χ1v) is 5.62. The number of benzene rings is 1. The average Bonchev–Trinajstić information content (AvgIpc) is 2.93. The van der Waals surface area contributed by atoms with Crippen LogP contribution in [0.25, 0.3) is 0 Å². The van der Waals surface area contributed by atoms with Gasteiger partial charge in [-0.05, 0) is 19.1 Å². The Balaban J connectivity index is 1.97. The third-order valence-electron chi connectivity index (χ3n) is 2.99. The van der Waals surface area contributed by atoms with Crippen molar-refractivity contribution in [2.24, 2.45) is 0 Å². The van der Waals surface area contributed by atoms with Crippen molar-refractivity contribution in [2.45, 2.75) is 13.5 Å². The quantitative estimate of drug-likeness (QED) is 0.810. The van der Waals surface area contributed by atoms with Crippen LogP contribution in [0.15, 0.2) is 30.6 Å². The first kappa shape index (κ1) is 10.7. The molecule has 1 aliphatic heterocycles. The summed E-state index contributed by atoms with van der Waals surface area (Å²) in [6.07, 6.45) is 3.26. The number of imidazole rings is 1. The third kappa shape index (κ3) is 1.52. The second-order valence-electron chi connectivity index (χ2n) is 4.28. The van der Waals surface area contributed by atoms with Gasteiger partial charge in [0.05, 0.1) is 17.7 Å². The zero-order valence-electron chi connectivity index (χ0n) is 9.80. The van der Waals surface area contributed by atoms with Gasteiger partial charge in [0.2, 0.25) is 0 Å². The molecule has 0 radical (unpaired) electrons. The number of aryl methyl sites for hydroxylation is 1. The molecule has 2 heterocycles. The molecule has 1 aliphatic rings. The highest BCUT2D eigenvalue weighted by atomic mass is 16.2. The molecule has 1 aromatic heterocycles. The Hall–Kier alpha value is -2.43. The molecule has 5 nitrogen and oxygen atoms in total. The number of nitrogens with zero attached hydrogens (tertiary/aromatic N) is 2. The van der Waals surface area contributed by atoms with E-state index < -0.39 is 0 Å². The Morgan fingerprint density at radius 1 is 1.22 bits per heavy atom. The molecule has 0 atom stereocenters. The second kappa shape index (κ2) is 3.80. The lowest BCUT2D eigenvalue weighted by Crippen LogP contribution is -2.29. The van der Waals surface area contributed by atoms with Gasteiger partial charge in [-0.1, -0.05) is 11.6 Å². The van der Waals surface area contributed by atoms with Gasteiger partial charge in [0, 0.05) is 12.4 Å². The molecule has 3 rings (SSSR count). The largest absolute Gasteiger partial charge is 0.347 e. The molecular weight excluding hydrogens is 230 g/mol. The van der Waals surface area contributed by atoms with E-state index in [2.05, 4.69) is 9.97 Å². The van der Waals surface area contributed by atoms with Crippen molar-refractivity contribution < 1.29 is 9.59 Å². The molecule has 0 bridgehead atoms. The van der Waals surface area contributed by atoms with E-state index in [1.807, 2.05) is 13.0 Å². The minimum atomic E-state index is -0.258. The van der Waals surface area contributed by atoms with Crippen LogP contribution in [0, 0.1) is 6.92 Å². The number of hydrogen-bond acceptors (Lipinski definition) is 3. The molecule has 0 unspecified atom stereocenters. The van der Waals surface area contributed by atoms with Crippen molar-refractivity contribution in [2.75, 3.05) is 0 Å². The summed E-state index contributed by atoms with van der Waals surface area (Å²) in [6, 6.07) is 5.28. The zero-order chi connectivity index (χ0) is 12.7. The number of nitrogens with one attached hydrogen (secondary N) is 1. The van der Waals surface area contributed by atoms with E-state index in [0.717, 1.165) is 5.56 Å². The molecular formula is C13H11N3O2. The molecule has 0 spiro atoms. The summed E-state index contributed by atoms with van der Waals surface area (Å²) < 4.78 is 0. The standard InChI is InChI=1S/C13H11N3O2/c1-8-2-3-9-10(6-8)13(18)16(12(9)17)7-11-14-4-5-15-11/h2-6H,7H2,1H3,(H,14,15). The Kier molecular flexibility index (Phi) is 2.26. The van der Waals surface area contributed by atoms with Crippen molar-refractivity contribution in [3.05, 3.63) is 53.1 Å². The third-order valence-corrected chi connectivity index (χ3v) is 2.99. The number of aromatic amines is 1. The summed E-state index contributed by atoms with van der Waals surface area (Å²) >= 11 is 0. The number of rotatable bonds is 2. The van der Waals surface area contributed by atoms with Gasteiger partial charge in [-0.3, -0.25) is 14.5 Å². The van der Waals surface area contributed by atoms with Crippen molar-refractivity contribution >= 4 is 11.8 Å². The van der Waals surface area contributed by atoms with Gasteiger partial charge < -0.3 is 4.98 Å². The highest BCUT2D eigenvalue weighted by Gasteiger charge is 2.35. The maximum atomic E-state index is 12.1. The molecule has 90 valence electrons. The molecule has 0 fully saturated rings. The minimum Gasteiger partial charge on any atom is -0.347 e. The van der Waals surface area contributed by atoms with E-state index in [-0.39, 0.29) is 18.4 Å². The Labute approximate surface area is 103 Å². The maximum Gasteiger partial charge on any atom is 0.261 e. The topological polar surface area (TPSA) is 66.1 Å². The number of hydrogen-bond donors (Lipinski definition) is 1. The molecule has 5 heteroatoms. The molecule has 1 N–H and O–H groups in total. The van der Waals surface area contributed by atoms with Crippen molar-refractivity contribution in [3.63, 3.8) is 0 Å². The van der Waals surface area contributed by atoms with Gasteiger partial charge in [-0.15, -0.1) is 0 Å². The van der Waals surface area contributed by atoms with E-state index in [1.54, 1.807) is 24.5 Å². The number of amides is 2. The SMILES string of the molecule is Cc1ccc2c(c1)C(=O)N(Cc1ncc[nH]1)C2=O. The summed E-state index contributed by atoms with van der Waals surface area (Å²) in [5, 5.41) is 0. The molecule has 0 saturated heterocycles. The van der Waals surface area contributed by atoms with E-state index in [1.165, 1.54) is 4.90 Å². The fourth-order valence-corrected chi connectivity index (χ4v) is 2.08. The van der Waals surface area contributed by atoms with E-state index >= 15 is 0 Å². The number of H-pyrrole nitrogens is 1. The lowest BCUT2D eigenvalue weighted by Gasteiger charge is -2.11. The summed E-state index contributed by atoms with van der Waals surface area (Å²) in [4.78, 5) is 32.4. The number of carbonyl (C=O) groups is 2. The predicted octanol–water partition coefficient (Wildman–Crippen LogP) is 1.51. The van der Waals surface area contributed by atoms with Crippen LogP contribution in [0.5, 0.6) is 0 Å². The van der Waals surface area contributed by atoms with Crippen LogP contribution < -0.4 is 0 Å². The van der Waals surface area contributed by atoms with E-state index in [0.29, 0.717) is 17.0 Å². The summed E-state index contributed by atoms with van der Waals surface area (Å²) in [6.45, 7) is 2.08. The van der Waals surface area contributed by atoms with Crippen molar-refractivity contribution in [1.29, 1.82) is 0 Å². The number of aromatic nitrogens is 2. The highest BCUT2D eigenvalue weighted by molar-refractivity contribution is 6.21. The summed E-state index contributed by atoms with van der Waals surface area (Å²) in [5.41, 5.74) is 1.92. The number of fused-ring (bicyclic) bond motifs is 1. The monoisotopic (exact) mass is 241 g/mol. The molecule has 18 heavy (non-hydrogen) atoms. The number of imide groups is 1. The molecule has 2 amide bonds. The predicted molar refractivity (Wildman–Crippen MR) is 64.0 cm³/mol. The van der Waals surface area contributed by atoms with Gasteiger partial charge in [-0.25, -0.2) is 4.98 Å². The molecule has 0 aliphatic carbocycles. The first-order valence-electron chi connectivity index (χ1n) is 5.62. The zero-order valence-corrected chi connectivity index (χ0v) is 9.80. The van der Waals surface area contributed by atoms with Crippen LogP contribution in [-0.2, 0) is 6.54 Å². The lowest BCUT2D eigenvalue weighted by atomic mass is 10.1.